The van der Waals surface area contributed by atoms with Crippen molar-refractivity contribution >= 4 is 17.5 Å². The predicted octanol–water partition coefficient (Wildman–Crippen LogP) is 1.89. The Kier molecular flexibility index (Phi) is 4.80. The zero-order chi connectivity index (χ0) is 13.8. The average molecular weight is 283 g/mol. The molecule has 1 aromatic carbocycles. The van der Waals surface area contributed by atoms with Gasteiger partial charge in [-0.2, -0.15) is 0 Å². The molecule has 2 rings (SSSR count). The van der Waals surface area contributed by atoms with E-state index in [2.05, 4.69) is 0 Å². The smallest absolute Gasteiger partial charge is 0.263 e. The Morgan fingerprint density at radius 1 is 1.47 bits per heavy atom. The van der Waals surface area contributed by atoms with Crippen LogP contribution in [0.25, 0.3) is 0 Å². The third-order valence-corrected chi connectivity index (χ3v) is 3.73. The number of rotatable bonds is 4. The Labute approximate surface area is 118 Å². The molecule has 0 N–H and O–H groups in total. The fraction of sp³-hybridized carbons (Fsp3) is 0.500. The number of carbonyl (C=O) groups excluding carboxylic acids is 1. The predicted molar refractivity (Wildman–Crippen MR) is 74.7 cm³/mol. The summed E-state index contributed by atoms with van der Waals surface area (Å²) in [6.07, 6.45) is 0.672. The second-order valence-electron chi connectivity index (χ2n) is 4.83. The maximum atomic E-state index is 12.4. The number of benzene rings is 1. The number of nitrogens with zero attached hydrogens (tertiary/aromatic N) is 2. The fourth-order valence-corrected chi connectivity index (χ4v) is 2.76. The summed E-state index contributed by atoms with van der Waals surface area (Å²) in [5.41, 5.74) is 1.04. The van der Waals surface area contributed by atoms with Crippen molar-refractivity contribution in [1.82, 2.24) is 9.96 Å². The van der Waals surface area contributed by atoms with Crippen molar-refractivity contribution in [2.45, 2.75) is 24.4 Å². The summed E-state index contributed by atoms with van der Waals surface area (Å²) in [7, 11) is 3.44. The van der Waals surface area contributed by atoms with Gasteiger partial charge in [0.1, 0.15) is 0 Å². The van der Waals surface area contributed by atoms with Crippen LogP contribution >= 0.6 is 11.6 Å². The molecule has 1 heterocycles. The van der Waals surface area contributed by atoms with Gasteiger partial charge in [-0.3, -0.25) is 14.5 Å². The molecule has 1 aliphatic heterocycles. The van der Waals surface area contributed by atoms with Gasteiger partial charge < -0.3 is 0 Å². The Morgan fingerprint density at radius 3 is 2.68 bits per heavy atom. The molecule has 19 heavy (non-hydrogen) atoms. The van der Waals surface area contributed by atoms with Crippen molar-refractivity contribution in [2.24, 2.45) is 0 Å². The highest BCUT2D eigenvalue weighted by molar-refractivity contribution is 6.21. The molecular weight excluding hydrogens is 264 g/mol. The molecule has 1 amide bonds. The molecule has 0 aliphatic carbocycles. The van der Waals surface area contributed by atoms with E-state index in [0.717, 1.165) is 12.1 Å². The first kappa shape index (κ1) is 14.3. The number of alkyl halides is 1. The summed E-state index contributed by atoms with van der Waals surface area (Å²) in [6, 6.07) is 9.61. The zero-order valence-corrected chi connectivity index (χ0v) is 12.0. The van der Waals surface area contributed by atoms with E-state index in [9.17, 15) is 4.79 Å². The molecule has 104 valence electrons. The second kappa shape index (κ2) is 6.37. The zero-order valence-electron chi connectivity index (χ0n) is 11.3. The maximum absolute atomic E-state index is 12.4. The highest BCUT2D eigenvalue weighted by Crippen LogP contribution is 2.22. The molecule has 1 aliphatic rings. The molecule has 0 radical (unpaired) electrons. The van der Waals surface area contributed by atoms with Crippen LogP contribution in [-0.4, -0.2) is 48.0 Å². The Morgan fingerprint density at radius 2 is 2.16 bits per heavy atom. The average Bonchev–Trinajstić information content (AvgIpc) is 2.75. The number of likely N-dealkylation sites (tertiary alicyclic amines) is 1. The van der Waals surface area contributed by atoms with Gasteiger partial charge >= 0.3 is 0 Å². The van der Waals surface area contributed by atoms with Gasteiger partial charge in [0.05, 0.1) is 19.7 Å². The van der Waals surface area contributed by atoms with Gasteiger partial charge in [0.25, 0.3) is 5.91 Å². The van der Waals surface area contributed by atoms with Crippen LogP contribution in [0.15, 0.2) is 30.3 Å². The van der Waals surface area contributed by atoms with Crippen molar-refractivity contribution in [2.75, 3.05) is 20.7 Å². The Balaban J connectivity index is 2.03. The molecule has 2 atom stereocenters. The van der Waals surface area contributed by atoms with E-state index in [1.807, 2.05) is 42.3 Å². The minimum Gasteiger partial charge on any atom is -0.293 e. The molecular formula is C14H19ClN2O2. The van der Waals surface area contributed by atoms with E-state index in [-0.39, 0.29) is 17.3 Å². The first-order valence-electron chi connectivity index (χ1n) is 6.35. The minimum absolute atomic E-state index is 0.0306. The van der Waals surface area contributed by atoms with E-state index >= 15 is 0 Å². The highest BCUT2D eigenvalue weighted by atomic mass is 35.5. The number of hydrogen-bond donors (Lipinski definition) is 0. The van der Waals surface area contributed by atoms with Crippen molar-refractivity contribution in [1.29, 1.82) is 0 Å². The lowest BCUT2D eigenvalue weighted by molar-refractivity contribution is -0.183. The molecule has 0 spiro atoms. The van der Waals surface area contributed by atoms with Crippen LogP contribution in [0, 0.1) is 0 Å². The van der Waals surface area contributed by atoms with E-state index in [1.165, 1.54) is 12.2 Å². The Hall–Kier alpha value is -1.10. The molecule has 0 aromatic heterocycles. The molecule has 1 aromatic rings. The first-order valence-corrected chi connectivity index (χ1v) is 6.79. The van der Waals surface area contributed by atoms with Crippen LogP contribution in [0.3, 0.4) is 0 Å². The summed E-state index contributed by atoms with van der Waals surface area (Å²) in [5.74, 6) is -0.0306. The van der Waals surface area contributed by atoms with E-state index in [0.29, 0.717) is 13.0 Å². The first-order chi connectivity index (χ1) is 9.11. The van der Waals surface area contributed by atoms with Crippen molar-refractivity contribution in [3.8, 4) is 0 Å². The van der Waals surface area contributed by atoms with Gasteiger partial charge in [0.2, 0.25) is 0 Å². The molecule has 2 unspecified atom stereocenters. The summed E-state index contributed by atoms with van der Waals surface area (Å²) in [6.45, 7) is 1.19. The van der Waals surface area contributed by atoms with Gasteiger partial charge in [-0.25, -0.2) is 5.06 Å². The summed E-state index contributed by atoms with van der Waals surface area (Å²) in [4.78, 5) is 19.6. The van der Waals surface area contributed by atoms with Gasteiger partial charge in [0.15, 0.2) is 0 Å². The van der Waals surface area contributed by atoms with Crippen molar-refractivity contribution in [3.63, 3.8) is 0 Å². The van der Waals surface area contributed by atoms with Crippen LogP contribution < -0.4 is 0 Å². The highest BCUT2D eigenvalue weighted by Gasteiger charge is 2.36. The van der Waals surface area contributed by atoms with E-state index in [4.69, 9.17) is 16.4 Å². The number of halogens is 1. The quantitative estimate of drug-likeness (QED) is 0.624. The number of amides is 1. The van der Waals surface area contributed by atoms with Crippen LogP contribution in [0.4, 0.5) is 0 Å². The molecule has 0 bridgehead atoms. The number of carbonyl (C=O) groups is 1. The van der Waals surface area contributed by atoms with Gasteiger partial charge in [0, 0.05) is 11.9 Å². The lowest BCUT2D eigenvalue weighted by Gasteiger charge is -2.26. The second-order valence-corrected chi connectivity index (χ2v) is 5.45. The topological polar surface area (TPSA) is 32.8 Å². The lowest BCUT2D eigenvalue weighted by Crippen LogP contribution is -2.43. The van der Waals surface area contributed by atoms with Crippen LogP contribution in [0.1, 0.15) is 12.0 Å². The van der Waals surface area contributed by atoms with Gasteiger partial charge in [-0.1, -0.05) is 30.3 Å². The molecule has 1 saturated heterocycles. The van der Waals surface area contributed by atoms with Gasteiger partial charge in [-0.15, -0.1) is 11.6 Å². The minimum atomic E-state index is -0.189. The van der Waals surface area contributed by atoms with Crippen LogP contribution in [0.2, 0.25) is 0 Å². The molecule has 1 fully saturated rings. The number of likely N-dealkylation sites (N-methyl/N-ethyl adjacent to an activating group) is 1. The standard InChI is InChI=1S/C14H19ClN2O2/c1-16-10-12(15)8-13(16)14(18)17(19-2)9-11-6-4-3-5-7-11/h3-7,12-13H,8-10H2,1-2H3. The van der Waals surface area contributed by atoms with Crippen molar-refractivity contribution in [3.05, 3.63) is 35.9 Å². The van der Waals surface area contributed by atoms with Gasteiger partial charge in [-0.05, 0) is 19.0 Å². The van der Waals surface area contributed by atoms with E-state index in [1.54, 1.807) is 0 Å². The fourth-order valence-electron chi connectivity index (χ4n) is 2.37. The van der Waals surface area contributed by atoms with Crippen molar-refractivity contribution < 1.29 is 9.63 Å². The summed E-state index contributed by atoms with van der Waals surface area (Å²) >= 11 is 6.10. The number of hydroxylamine groups is 2. The largest absolute Gasteiger partial charge is 0.293 e. The monoisotopic (exact) mass is 282 g/mol. The maximum Gasteiger partial charge on any atom is 0.263 e. The molecule has 4 nitrogen and oxygen atoms in total. The lowest BCUT2D eigenvalue weighted by atomic mass is 10.2. The normalized spacial score (nSPS) is 23.5. The molecule has 5 heteroatoms. The number of hydrogen-bond acceptors (Lipinski definition) is 3. The third-order valence-electron chi connectivity index (χ3n) is 3.42. The Bertz CT molecular complexity index is 427. The van der Waals surface area contributed by atoms with Crippen LogP contribution in [-0.2, 0) is 16.2 Å². The summed E-state index contributed by atoms with van der Waals surface area (Å²) < 4.78 is 0. The van der Waals surface area contributed by atoms with Crippen LogP contribution in [0.5, 0.6) is 0 Å². The molecule has 0 saturated carbocycles. The summed E-state index contributed by atoms with van der Waals surface area (Å²) in [5, 5.41) is 1.44. The third kappa shape index (κ3) is 3.47. The SMILES string of the molecule is CON(Cc1ccccc1)C(=O)C1CC(Cl)CN1C. The van der Waals surface area contributed by atoms with E-state index < -0.39 is 0 Å².